The molecule has 212 valence electrons. The van der Waals surface area contributed by atoms with Crippen molar-refractivity contribution in [1.82, 2.24) is 14.3 Å². The minimum absolute atomic E-state index is 0.0127. The molecule has 8 heteroatoms. The number of aliphatic hydroxyl groups is 1. The van der Waals surface area contributed by atoms with Crippen LogP contribution in [-0.2, 0) is 16.1 Å². The molecule has 0 bridgehead atoms. The molecule has 1 N–H and O–H groups in total. The monoisotopic (exact) mass is 553 g/mol. The van der Waals surface area contributed by atoms with Crippen LogP contribution in [0.4, 0.5) is 0 Å². The van der Waals surface area contributed by atoms with Crippen molar-refractivity contribution in [3.8, 4) is 11.5 Å². The number of imidazole rings is 1. The third kappa shape index (κ3) is 5.55. The highest BCUT2D eigenvalue weighted by Crippen LogP contribution is 2.43. The Morgan fingerprint density at radius 3 is 2.49 bits per heavy atom. The molecule has 4 aromatic rings. The molecule has 1 amide bonds. The minimum Gasteiger partial charge on any atom is -0.505 e. The van der Waals surface area contributed by atoms with E-state index in [0.29, 0.717) is 47.3 Å². The van der Waals surface area contributed by atoms with Gasteiger partial charge in [-0.25, -0.2) is 4.98 Å². The molecule has 0 spiro atoms. The Hall–Kier alpha value is -4.59. The van der Waals surface area contributed by atoms with E-state index in [2.05, 4.69) is 11.9 Å². The van der Waals surface area contributed by atoms with Gasteiger partial charge in [-0.3, -0.25) is 14.0 Å². The number of carbonyl (C=O) groups is 2. The van der Waals surface area contributed by atoms with E-state index in [1.54, 1.807) is 17.5 Å². The van der Waals surface area contributed by atoms with Crippen LogP contribution in [0.5, 0.6) is 11.5 Å². The quantitative estimate of drug-likeness (QED) is 0.102. The van der Waals surface area contributed by atoms with Crippen LogP contribution < -0.4 is 9.47 Å². The van der Waals surface area contributed by atoms with Gasteiger partial charge in [0.15, 0.2) is 17.3 Å². The number of aryl methyl sites for hydroxylation is 1. The van der Waals surface area contributed by atoms with Crippen molar-refractivity contribution in [2.24, 2.45) is 0 Å². The van der Waals surface area contributed by atoms with E-state index in [1.807, 2.05) is 73.7 Å². The topological polar surface area (TPSA) is 93.4 Å². The van der Waals surface area contributed by atoms with Crippen LogP contribution in [0.2, 0.25) is 0 Å². The summed E-state index contributed by atoms with van der Waals surface area (Å²) < 4.78 is 13.7. The Bertz CT molecular complexity index is 1590. The SMILES string of the molecule is CCCCCOc1ccc(C2/C(=C(\O)c3c(C)nc4ccccn34)C(=O)C(=O)N2Cc2ccccc2)cc1OCC. The second-order valence-corrected chi connectivity index (χ2v) is 10.1. The molecular weight excluding hydrogens is 518 g/mol. The smallest absolute Gasteiger partial charge is 0.295 e. The van der Waals surface area contributed by atoms with Gasteiger partial charge in [0.1, 0.15) is 11.3 Å². The standard InChI is InChI=1S/C33H35N3O5/c1-4-6-12-19-41-25-17-16-24(20-26(25)40-5-2)30-28(31(37)29-22(3)34-27-15-10-11-18-35(27)29)32(38)33(39)36(30)21-23-13-8-7-9-14-23/h7-11,13-18,20,30,37H,4-6,12,19,21H2,1-3H3/b31-28+. The molecule has 8 nitrogen and oxygen atoms in total. The van der Waals surface area contributed by atoms with E-state index in [-0.39, 0.29) is 17.9 Å². The van der Waals surface area contributed by atoms with Crippen LogP contribution in [0.15, 0.2) is 78.5 Å². The molecule has 41 heavy (non-hydrogen) atoms. The van der Waals surface area contributed by atoms with Gasteiger partial charge in [-0.1, -0.05) is 62.2 Å². The van der Waals surface area contributed by atoms with Crippen molar-refractivity contribution in [3.63, 3.8) is 0 Å². The fraction of sp³-hybridized carbons (Fsp3) is 0.303. The number of aromatic nitrogens is 2. The maximum absolute atomic E-state index is 13.7. The molecule has 1 aliphatic rings. The lowest BCUT2D eigenvalue weighted by atomic mass is 9.95. The lowest BCUT2D eigenvalue weighted by Crippen LogP contribution is -2.29. The summed E-state index contributed by atoms with van der Waals surface area (Å²) in [5.74, 6) is -0.559. The number of ketones is 1. The number of fused-ring (bicyclic) bond motifs is 1. The Balaban J connectivity index is 1.65. The van der Waals surface area contributed by atoms with E-state index in [1.165, 1.54) is 4.90 Å². The summed E-state index contributed by atoms with van der Waals surface area (Å²) >= 11 is 0. The van der Waals surface area contributed by atoms with Crippen LogP contribution in [0.3, 0.4) is 0 Å². The van der Waals surface area contributed by atoms with Gasteiger partial charge in [-0.05, 0) is 55.7 Å². The Kier molecular flexibility index (Phi) is 8.38. The predicted molar refractivity (Wildman–Crippen MR) is 157 cm³/mol. The van der Waals surface area contributed by atoms with Crippen molar-refractivity contribution in [3.05, 3.63) is 101 Å². The fourth-order valence-corrected chi connectivity index (χ4v) is 5.31. The third-order valence-corrected chi connectivity index (χ3v) is 7.25. The van der Waals surface area contributed by atoms with Gasteiger partial charge >= 0.3 is 0 Å². The number of nitrogens with zero attached hydrogens (tertiary/aromatic N) is 3. The van der Waals surface area contributed by atoms with Gasteiger partial charge in [0.2, 0.25) is 0 Å². The molecular formula is C33H35N3O5. The summed E-state index contributed by atoms with van der Waals surface area (Å²) in [4.78, 5) is 33.3. The van der Waals surface area contributed by atoms with Gasteiger partial charge in [-0.2, -0.15) is 0 Å². The summed E-state index contributed by atoms with van der Waals surface area (Å²) in [5, 5.41) is 11.7. The highest BCUT2D eigenvalue weighted by Gasteiger charge is 2.46. The maximum Gasteiger partial charge on any atom is 0.295 e. The van der Waals surface area contributed by atoms with Crippen LogP contribution in [0.25, 0.3) is 11.4 Å². The average molecular weight is 554 g/mol. The number of unbranched alkanes of at least 4 members (excludes halogenated alkanes) is 2. The molecule has 3 heterocycles. The van der Waals surface area contributed by atoms with Gasteiger partial charge in [-0.15, -0.1) is 0 Å². The second kappa shape index (κ2) is 12.3. The summed E-state index contributed by atoms with van der Waals surface area (Å²) in [6.45, 7) is 6.98. The maximum atomic E-state index is 13.7. The number of likely N-dealkylation sites (tertiary alicyclic amines) is 1. The van der Waals surface area contributed by atoms with Crippen molar-refractivity contribution >= 4 is 23.1 Å². The minimum atomic E-state index is -0.850. The first-order valence-electron chi connectivity index (χ1n) is 14.1. The van der Waals surface area contributed by atoms with Crippen LogP contribution in [-0.4, -0.2) is 44.3 Å². The molecule has 1 saturated heterocycles. The highest BCUT2D eigenvalue weighted by molar-refractivity contribution is 6.46. The molecule has 5 rings (SSSR count). The number of ether oxygens (including phenoxy) is 2. The van der Waals surface area contributed by atoms with Crippen molar-refractivity contribution in [2.75, 3.05) is 13.2 Å². The van der Waals surface area contributed by atoms with Crippen molar-refractivity contribution in [2.45, 2.75) is 52.6 Å². The van der Waals surface area contributed by atoms with Crippen LogP contribution in [0, 0.1) is 6.92 Å². The molecule has 2 aromatic carbocycles. The number of pyridine rings is 1. The zero-order chi connectivity index (χ0) is 28.9. The molecule has 1 atom stereocenters. The number of benzene rings is 2. The van der Waals surface area contributed by atoms with Gasteiger partial charge < -0.3 is 19.5 Å². The summed E-state index contributed by atoms with van der Waals surface area (Å²) in [5.41, 5.74) is 3.07. The number of rotatable bonds is 11. The van der Waals surface area contributed by atoms with E-state index < -0.39 is 17.7 Å². The fourth-order valence-electron chi connectivity index (χ4n) is 5.31. The Morgan fingerprint density at radius 1 is 0.951 bits per heavy atom. The second-order valence-electron chi connectivity index (χ2n) is 10.1. The normalized spacial score (nSPS) is 16.5. The van der Waals surface area contributed by atoms with E-state index in [0.717, 1.165) is 24.8 Å². The van der Waals surface area contributed by atoms with Crippen molar-refractivity contribution < 1.29 is 24.2 Å². The lowest BCUT2D eigenvalue weighted by molar-refractivity contribution is -0.140. The Morgan fingerprint density at radius 2 is 1.73 bits per heavy atom. The largest absolute Gasteiger partial charge is 0.505 e. The molecule has 1 aliphatic heterocycles. The molecule has 2 aromatic heterocycles. The third-order valence-electron chi connectivity index (χ3n) is 7.25. The van der Waals surface area contributed by atoms with Gasteiger partial charge in [0.25, 0.3) is 11.7 Å². The van der Waals surface area contributed by atoms with Crippen LogP contribution >= 0.6 is 0 Å². The molecule has 1 fully saturated rings. The summed E-state index contributed by atoms with van der Waals surface area (Å²) in [6, 6.07) is 19.6. The summed E-state index contributed by atoms with van der Waals surface area (Å²) in [6.07, 6.45) is 4.86. The molecule has 0 radical (unpaired) electrons. The molecule has 1 unspecified atom stereocenters. The number of aliphatic hydroxyl groups excluding tert-OH is 1. The summed E-state index contributed by atoms with van der Waals surface area (Å²) in [7, 11) is 0. The zero-order valence-corrected chi connectivity index (χ0v) is 23.7. The Labute approximate surface area is 239 Å². The van der Waals surface area contributed by atoms with E-state index in [4.69, 9.17) is 9.47 Å². The first-order valence-corrected chi connectivity index (χ1v) is 14.1. The van der Waals surface area contributed by atoms with Crippen molar-refractivity contribution in [1.29, 1.82) is 0 Å². The van der Waals surface area contributed by atoms with E-state index >= 15 is 0 Å². The number of hydrogen-bond donors (Lipinski definition) is 1. The molecule has 0 saturated carbocycles. The average Bonchev–Trinajstić information content (AvgIpc) is 3.44. The van der Waals surface area contributed by atoms with Crippen LogP contribution in [0.1, 0.15) is 61.7 Å². The number of Topliss-reactive ketones (excluding diaryl/α,β-unsaturated/α-hetero) is 1. The first kappa shape index (κ1) is 28.0. The highest BCUT2D eigenvalue weighted by atomic mass is 16.5. The number of carbonyl (C=O) groups excluding carboxylic acids is 2. The van der Waals surface area contributed by atoms with E-state index in [9.17, 15) is 14.7 Å². The zero-order valence-electron chi connectivity index (χ0n) is 23.7. The number of amides is 1. The van der Waals surface area contributed by atoms with Gasteiger partial charge in [0.05, 0.1) is 30.5 Å². The lowest BCUT2D eigenvalue weighted by Gasteiger charge is -2.26. The predicted octanol–water partition coefficient (Wildman–Crippen LogP) is 6.23. The molecule has 0 aliphatic carbocycles. The number of hydrogen-bond acceptors (Lipinski definition) is 6. The first-order chi connectivity index (χ1) is 19.9. The van der Waals surface area contributed by atoms with Gasteiger partial charge in [0, 0.05) is 12.7 Å².